The number of carbonyl (C=O) groups is 3. The largest absolute Gasteiger partial charge is 0.465 e. The predicted molar refractivity (Wildman–Crippen MR) is 97.2 cm³/mol. The smallest absolute Gasteiger partial charge is 0.339 e. The van der Waals surface area contributed by atoms with Crippen molar-refractivity contribution in [3.63, 3.8) is 0 Å². The first-order valence-electron chi connectivity index (χ1n) is 8.21. The van der Waals surface area contributed by atoms with Crippen LogP contribution < -0.4 is 10.6 Å². The fourth-order valence-electron chi connectivity index (χ4n) is 2.17. The summed E-state index contributed by atoms with van der Waals surface area (Å²) in [6, 6.07) is 9.43. The van der Waals surface area contributed by atoms with Gasteiger partial charge in [-0.3, -0.25) is 14.6 Å². The maximum atomic E-state index is 12.5. The Hall–Kier alpha value is -3.22. The molecule has 0 bridgehead atoms. The minimum atomic E-state index is -0.552. The van der Waals surface area contributed by atoms with Crippen LogP contribution in [0.4, 0.5) is 5.69 Å². The van der Waals surface area contributed by atoms with Gasteiger partial charge in [0, 0.05) is 17.8 Å². The minimum Gasteiger partial charge on any atom is -0.465 e. The number of esters is 1. The van der Waals surface area contributed by atoms with Gasteiger partial charge in [0.15, 0.2) is 0 Å². The summed E-state index contributed by atoms with van der Waals surface area (Å²) in [5.41, 5.74) is 0.979. The highest BCUT2D eigenvalue weighted by Gasteiger charge is 2.16. The minimum absolute atomic E-state index is 0.00807. The molecule has 136 valence electrons. The van der Waals surface area contributed by atoms with Crippen molar-refractivity contribution < 1.29 is 19.1 Å². The number of carbonyl (C=O) groups excluding carboxylic acids is 3. The second-order valence-electron chi connectivity index (χ2n) is 5.70. The van der Waals surface area contributed by atoms with Crippen LogP contribution in [0.2, 0.25) is 0 Å². The van der Waals surface area contributed by atoms with Gasteiger partial charge in [0.1, 0.15) is 5.69 Å². The Balaban J connectivity index is 2.20. The molecule has 1 heterocycles. The van der Waals surface area contributed by atoms with Crippen molar-refractivity contribution in [2.24, 2.45) is 0 Å². The third kappa shape index (κ3) is 4.66. The molecule has 2 aromatic rings. The maximum absolute atomic E-state index is 12.5. The number of hydrogen-bond donors (Lipinski definition) is 2. The van der Waals surface area contributed by atoms with Gasteiger partial charge in [0.2, 0.25) is 0 Å². The molecular formula is C19H21N3O4. The Kier molecular flexibility index (Phi) is 6.43. The van der Waals surface area contributed by atoms with Crippen LogP contribution in [0, 0.1) is 0 Å². The molecule has 0 saturated carbocycles. The van der Waals surface area contributed by atoms with E-state index in [1.165, 1.54) is 25.4 Å². The number of methoxy groups -OCH3 is 1. The molecule has 2 N–H and O–H groups in total. The lowest BCUT2D eigenvalue weighted by Gasteiger charge is -2.12. The van der Waals surface area contributed by atoms with E-state index in [1.807, 2.05) is 13.8 Å². The van der Waals surface area contributed by atoms with E-state index in [9.17, 15) is 14.4 Å². The van der Waals surface area contributed by atoms with Gasteiger partial charge in [-0.05, 0) is 37.6 Å². The third-order valence-corrected chi connectivity index (χ3v) is 3.83. The summed E-state index contributed by atoms with van der Waals surface area (Å²) in [4.78, 5) is 40.5. The molecule has 1 unspecified atom stereocenters. The van der Waals surface area contributed by atoms with Crippen LogP contribution in [-0.4, -0.2) is 35.9 Å². The van der Waals surface area contributed by atoms with Gasteiger partial charge >= 0.3 is 5.97 Å². The fraction of sp³-hybridized carbons (Fsp3) is 0.263. The summed E-state index contributed by atoms with van der Waals surface area (Å²) in [5.74, 6) is -1.35. The highest BCUT2D eigenvalue weighted by Crippen LogP contribution is 2.17. The third-order valence-electron chi connectivity index (χ3n) is 3.83. The van der Waals surface area contributed by atoms with E-state index < -0.39 is 11.9 Å². The maximum Gasteiger partial charge on any atom is 0.339 e. The second-order valence-corrected chi connectivity index (χ2v) is 5.70. The Morgan fingerprint density at radius 2 is 1.88 bits per heavy atom. The topological polar surface area (TPSA) is 97.4 Å². The number of benzene rings is 1. The molecular weight excluding hydrogens is 334 g/mol. The number of rotatable bonds is 6. The molecule has 7 nitrogen and oxygen atoms in total. The molecule has 1 aromatic heterocycles. The van der Waals surface area contributed by atoms with Gasteiger partial charge in [0.05, 0.1) is 18.4 Å². The van der Waals surface area contributed by atoms with Crippen molar-refractivity contribution in [2.75, 3.05) is 12.4 Å². The van der Waals surface area contributed by atoms with Crippen LogP contribution in [0.15, 0.2) is 42.6 Å². The van der Waals surface area contributed by atoms with Crippen molar-refractivity contribution >= 4 is 23.5 Å². The molecule has 7 heteroatoms. The average molecular weight is 355 g/mol. The summed E-state index contributed by atoms with van der Waals surface area (Å²) in [6.45, 7) is 3.85. The Morgan fingerprint density at radius 1 is 1.15 bits per heavy atom. The van der Waals surface area contributed by atoms with Crippen LogP contribution in [-0.2, 0) is 4.74 Å². The van der Waals surface area contributed by atoms with Crippen LogP contribution in [0.25, 0.3) is 0 Å². The molecule has 0 saturated heterocycles. The highest BCUT2D eigenvalue weighted by atomic mass is 16.5. The predicted octanol–water partition coefficient (Wildman–Crippen LogP) is 2.65. The van der Waals surface area contributed by atoms with Crippen molar-refractivity contribution in [3.05, 3.63) is 59.4 Å². The lowest BCUT2D eigenvalue weighted by atomic mass is 10.1. The van der Waals surface area contributed by atoms with E-state index in [2.05, 4.69) is 15.6 Å². The van der Waals surface area contributed by atoms with Crippen LogP contribution in [0.5, 0.6) is 0 Å². The number of pyridine rings is 1. The lowest BCUT2D eigenvalue weighted by molar-refractivity contribution is 0.0601. The normalized spacial score (nSPS) is 11.3. The number of para-hydroxylation sites is 1. The number of amides is 2. The zero-order valence-corrected chi connectivity index (χ0v) is 14.9. The van der Waals surface area contributed by atoms with Gasteiger partial charge in [-0.1, -0.05) is 19.1 Å². The zero-order chi connectivity index (χ0) is 19.1. The standard InChI is InChI=1S/C19H21N3O4/c1-4-12(2)21-18(24)16-11-13(9-10-20-16)17(23)22-15-8-6-5-7-14(15)19(25)26-3/h5-12H,4H2,1-3H3,(H,21,24)(H,22,23). The lowest BCUT2D eigenvalue weighted by Crippen LogP contribution is -2.32. The van der Waals surface area contributed by atoms with E-state index in [0.29, 0.717) is 5.69 Å². The van der Waals surface area contributed by atoms with Crippen molar-refractivity contribution in [1.82, 2.24) is 10.3 Å². The Bertz CT molecular complexity index is 820. The number of anilines is 1. The fourth-order valence-corrected chi connectivity index (χ4v) is 2.17. The molecule has 0 radical (unpaired) electrons. The summed E-state index contributed by atoms with van der Waals surface area (Å²) in [6.07, 6.45) is 2.18. The first-order valence-corrected chi connectivity index (χ1v) is 8.21. The monoisotopic (exact) mass is 355 g/mol. The molecule has 0 aliphatic carbocycles. The van der Waals surface area contributed by atoms with E-state index in [1.54, 1.807) is 24.3 Å². The van der Waals surface area contributed by atoms with E-state index >= 15 is 0 Å². The summed E-state index contributed by atoms with van der Waals surface area (Å²) < 4.78 is 4.71. The Labute approximate surface area is 151 Å². The SMILES string of the molecule is CCC(C)NC(=O)c1cc(C(=O)Nc2ccccc2C(=O)OC)ccn1. The van der Waals surface area contributed by atoms with Gasteiger partial charge in [-0.15, -0.1) is 0 Å². The van der Waals surface area contributed by atoms with Crippen LogP contribution >= 0.6 is 0 Å². The Morgan fingerprint density at radius 3 is 2.58 bits per heavy atom. The van der Waals surface area contributed by atoms with Gasteiger partial charge < -0.3 is 15.4 Å². The van der Waals surface area contributed by atoms with E-state index in [-0.39, 0.29) is 28.8 Å². The quantitative estimate of drug-likeness (QED) is 0.777. The zero-order valence-electron chi connectivity index (χ0n) is 14.9. The molecule has 0 aliphatic rings. The molecule has 2 rings (SSSR count). The van der Waals surface area contributed by atoms with Gasteiger partial charge in [-0.2, -0.15) is 0 Å². The van der Waals surface area contributed by atoms with Gasteiger partial charge in [-0.25, -0.2) is 4.79 Å². The molecule has 0 fully saturated rings. The first-order chi connectivity index (χ1) is 12.5. The molecule has 1 atom stereocenters. The number of aromatic nitrogens is 1. The van der Waals surface area contributed by atoms with E-state index in [4.69, 9.17) is 4.74 Å². The molecule has 0 spiro atoms. The molecule has 1 aromatic carbocycles. The van der Waals surface area contributed by atoms with Crippen molar-refractivity contribution in [2.45, 2.75) is 26.3 Å². The van der Waals surface area contributed by atoms with Gasteiger partial charge in [0.25, 0.3) is 11.8 Å². The summed E-state index contributed by atoms with van der Waals surface area (Å²) >= 11 is 0. The van der Waals surface area contributed by atoms with Crippen LogP contribution in [0.1, 0.15) is 51.5 Å². The van der Waals surface area contributed by atoms with E-state index in [0.717, 1.165) is 6.42 Å². The second kappa shape index (κ2) is 8.75. The number of nitrogens with zero attached hydrogens (tertiary/aromatic N) is 1. The highest BCUT2D eigenvalue weighted by molar-refractivity contribution is 6.08. The molecule has 0 aliphatic heterocycles. The van der Waals surface area contributed by atoms with Crippen LogP contribution in [0.3, 0.4) is 0 Å². The molecule has 2 amide bonds. The van der Waals surface area contributed by atoms with Crippen molar-refractivity contribution in [1.29, 1.82) is 0 Å². The summed E-state index contributed by atoms with van der Waals surface area (Å²) in [7, 11) is 1.27. The first kappa shape index (κ1) is 19.1. The number of nitrogens with one attached hydrogen (secondary N) is 2. The number of hydrogen-bond acceptors (Lipinski definition) is 5. The van der Waals surface area contributed by atoms with Crippen molar-refractivity contribution in [3.8, 4) is 0 Å². The number of ether oxygens (including phenoxy) is 1. The summed E-state index contributed by atoms with van der Waals surface area (Å²) in [5, 5.41) is 5.46. The molecule has 26 heavy (non-hydrogen) atoms. The average Bonchev–Trinajstić information content (AvgIpc) is 2.67.